The number of rotatable bonds is 2. The summed E-state index contributed by atoms with van der Waals surface area (Å²) in [6.45, 7) is 5.62. The molecule has 1 aromatic carbocycles. The Morgan fingerprint density at radius 3 is 2.41 bits per heavy atom. The van der Waals surface area contributed by atoms with Gasteiger partial charge in [0.15, 0.2) is 5.54 Å². The molecule has 0 radical (unpaired) electrons. The van der Waals surface area contributed by atoms with Crippen LogP contribution in [0.25, 0.3) is 0 Å². The average Bonchev–Trinajstić information content (AvgIpc) is 2.93. The van der Waals surface area contributed by atoms with Crippen molar-refractivity contribution in [3.63, 3.8) is 0 Å². The monoisotopic (exact) mass is 238 g/mol. The molecule has 1 N–H and O–H groups in total. The van der Waals surface area contributed by atoms with Gasteiger partial charge >= 0.3 is 12.4 Å². The minimum atomic E-state index is -1.33. The smallest absolute Gasteiger partial charge is 0.446 e. The van der Waals surface area contributed by atoms with Crippen molar-refractivity contribution < 1.29 is 24.4 Å². The first-order valence-corrected chi connectivity index (χ1v) is 5.41. The predicted molar refractivity (Wildman–Crippen MR) is 59.4 cm³/mol. The van der Waals surface area contributed by atoms with Gasteiger partial charge in [0.05, 0.1) is 10.4 Å². The van der Waals surface area contributed by atoms with Crippen LogP contribution in [-0.4, -0.2) is 21.6 Å². The minimum absolute atomic E-state index is 0.341. The van der Waals surface area contributed by atoms with Gasteiger partial charge in [0, 0.05) is 0 Å². The molecule has 2 unspecified atom stereocenters. The maximum atomic E-state index is 10.8. The summed E-state index contributed by atoms with van der Waals surface area (Å²) in [4.78, 5) is 20.8. The summed E-state index contributed by atoms with van der Waals surface area (Å²) in [5, 5.41) is 8.80. The summed E-state index contributed by atoms with van der Waals surface area (Å²) in [6, 6.07) is 9.45. The lowest BCUT2D eigenvalue weighted by molar-refractivity contribution is -1.12. The second kappa shape index (κ2) is 3.72. The van der Waals surface area contributed by atoms with Crippen LogP contribution in [0.15, 0.2) is 30.3 Å². The fourth-order valence-electron chi connectivity index (χ4n) is 1.83. The molecule has 0 amide bonds. The van der Waals surface area contributed by atoms with E-state index in [0.717, 1.165) is 5.56 Å². The molecule has 0 aromatic heterocycles. The third-order valence-corrected chi connectivity index (χ3v) is 2.75. The molecule has 92 valence electrons. The molecule has 5 nitrogen and oxygen atoms in total. The molecule has 0 aliphatic carbocycles. The van der Waals surface area contributed by atoms with Gasteiger partial charge < -0.3 is 5.11 Å². The van der Waals surface area contributed by atoms with Crippen LogP contribution in [0.5, 0.6) is 0 Å². The Kier molecular flexibility index (Phi) is 2.60. The normalized spacial score (nSPS) is 27.6. The Balaban J connectivity index is 2.27. The van der Waals surface area contributed by atoms with Crippen LogP contribution >= 0.6 is 0 Å². The lowest BCUT2D eigenvalue weighted by Crippen LogP contribution is -2.45. The number of hydrogen-bond donors (Lipinski definition) is 1. The quantitative estimate of drug-likeness (QED) is 0.635. The highest BCUT2D eigenvalue weighted by molar-refractivity contribution is 5.55. The van der Waals surface area contributed by atoms with Crippen molar-refractivity contribution in [2.75, 3.05) is 0 Å². The van der Waals surface area contributed by atoms with Crippen LogP contribution in [0.4, 0.5) is 4.79 Å². The third kappa shape index (κ3) is 1.99. The summed E-state index contributed by atoms with van der Waals surface area (Å²) in [7, 11) is 0. The van der Waals surface area contributed by atoms with Crippen molar-refractivity contribution in [2.45, 2.75) is 32.5 Å². The van der Waals surface area contributed by atoms with Gasteiger partial charge in [0.2, 0.25) is 0 Å². The topological polar surface area (TPSA) is 59.1 Å². The van der Waals surface area contributed by atoms with E-state index >= 15 is 0 Å². The Morgan fingerprint density at radius 1 is 1.35 bits per heavy atom. The summed E-state index contributed by atoms with van der Waals surface area (Å²) >= 11 is 0. The number of hydroxylamine groups is 4. The highest BCUT2D eigenvalue weighted by Crippen LogP contribution is 2.53. The zero-order valence-corrected chi connectivity index (χ0v) is 10.1. The molecule has 1 aliphatic heterocycles. The minimum Gasteiger partial charge on any atom is -0.446 e. The molecule has 5 heteroatoms. The maximum Gasteiger partial charge on any atom is 0.560 e. The second-order valence-corrected chi connectivity index (χ2v) is 4.99. The number of quaternary nitrogens is 1. The molecule has 0 saturated carbocycles. The largest absolute Gasteiger partial charge is 0.560 e. The van der Waals surface area contributed by atoms with Crippen molar-refractivity contribution in [1.29, 1.82) is 0 Å². The lowest BCUT2D eigenvalue weighted by atomic mass is 10.1. The first kappa shape index (κ1) is 11.9. The van der Waals surface area contributed by atoms with Crippen LogP contribution < -0.4 is 0 Å². The summed E-state index contributed by atoms with van der Waals surface area (Å²) in [5.41, 5.74) is 0.433. The Labute approximate surface area is 99.7 Å². The summed E-state index contributed by atoms with van der Waals surface area (Å²) in [5.74, 6) is 0. The van der Waals surface area contributed by atoms with Crippen molar-refractivity contribution in [2.24, 2.45) is 0 Å². The fourth-order valence-corrected chi connectivity index (χ4v) is 1.83. The molecular formula is C12H16NO4+. The number of carbonyl (C=O) groups is 1. The van der Waals surface area contributed by atoms with Gasteiger partial charge in [-0.3, -0.25) is 0 Å². The predicted octanol–water partition coefficient (Wildman–Crippen LogP) is 2.86. The molecule has 2 atom stereocenters. The van der Waals surface area contributed by atoms with Crippen molar-refractivity contribution >= 4 is 6.16 Å². The highest BCUT2D eigenvalue weighted by Gasteiger charge is 2.73. The molecule has 1 aliphatic rings. The molecule has 2 rings (SSSR count). The van der Waals surface area contributed by atoms with Gasteiger partial charge in [-0.25, -0.2) is 0 Å². The van der Waals surface area contributed by atoms with Gasteiger partial charge in [0.1, 0.15) is 0 Å². The van der Waals surface area contributed by atoms with E-state index in [4.69, 9.17) is 14.8 Å². The van der Waals surface area contributed by atoms with E-state index in [2.05, 4.69) is 0 Å². The first-order chi connectivity index (χ1) is 7.87. The van der Waals surface area contributed by atoms with Gasteiger partial charge in [-0.1, -0.05) is 23.0 Å². The van der Waals surface area contributed by atoms with Crippen molar-refractivity contribution in [3.05, 3.63) is 35.9 Å². The van der Waals surface area contributed by atoms with Gasteiger partial charge in [-0.15, -0.1) is 0 Å². The molecule has 0 bridgehead atoms. The lowest BCUT2D eigenvalue weighted by Gasteiger charge is -2.22. The highest BCUT2D eigenvalue weighted by atomic mass is 17.1. The van der Waals surface area contributed by atoms with E-state index in [1.165, 1.54) is 0 Å². The summed E-state index contributed by atoms with van der Waals surface area (Å²) < 4.78 is 0. The van der Waals surface area contributed by atoms with Crippen LogP contribution in [-0.2, 0) is 9.68 Å². The average molecular weight is 238 g/mol. The van der Waals surface area contributed by atoms with E-state index in [1.807, 2.05) is 51.1 Å². The second-order valence-electron chi connectivity index (χ2n) is 4.99. The van der Waals surface area contributed by atoms with Crippen molar-refractivity contribution in [3.8, 4) is 0 Å². The van der Waals surface area contributed by atoms with Crippen LogP contribution in [0, 0.1) is 0 Å². The Hall–Kier alpha value is -1.59. The number of benzene rings is 1. The third-order valence-electron chi connectivity index (χ3n) is 2.75. The first-order valence-electron chi connectivity index (χ1n) is 5.41. The number of nitrogens with zero attached hydrogens (tertiary/aromatic N) is 1. The van der Waals surface area contributed by atoms with Crippen molar-refractivity contribution in [1.82, 2.24) is 0 Å². The fraction of sp³-hybridized carbons (Fsp3) is 0.417. The van der Waals surface area contributed by atoms with E-state index in [9.17, 15) is 4.79 Å². The SMILES string of the molecule is CC(C)(C)[N+]1(OC(=O)O)OC1c1ccccc1. The van der Waals surface area contributed by atoms with E-state index in [-0.39, 0.29) is 11.0 Å². The molecule has 1 fully saturated rings. The number of hydrogen-bond acceptors (Lipinski definition) is 3. The summed E-state index contributed by atoms with van der Waals surface area (Å²) in [6.07, 6.45) is -1.72. The maximum absolute atomic E-state index is 10.8. The molecular weight excluding hydrogens is 222 g/mol. The van der Waals surface area contributed by atoms with Gasteiger partial charge in [-0.2, -0.15) is 9.63 Å². The van der Waals surface area contributed by atoms with Crippen LogP contribution in [0.3, 0.4) is 0 Å². The standard InChI is InChI=1S/C12H15NO4/c1-12(2,3)13(17-11(14)15)10(16-13)9-7-5-4-6-8-9/h4-8,10H,1-3H3/p+1. The molecule has 1 aromatic rings. The molecule has 1 saturated heterocycles. The van der Waals surface area contributed by atoms with E-state index < -0.39 is 11.7 Å². The van der Waals surface area contributed by atoms with Gasteiger partial charge in [0.25, 0.3) is 0 Å². The molecule has 0 spiro atoms. The number of carboxylic acid groups (broad SMARTS) is 1. The molecule has 17 heavy (non-hydrogen) atoms. The Bertz CT molecular complexity index is 426. The van der Waals surface area contributed by atoms with Crippen LogP contribution in [0.2, 0.25) is 0 Å². The molecule has 1 heterocycles. The van der Waals surface area contributed by atoms with E-state index in [0.29, 0.717) is 0 Å². The zero-order valence-electron chi connectivity index (χ0n) is 10.1. The van der Waals surface area contributed by atoms with Gasteiger partial charge in [-0.05, 0) is 32.9 Å². The zero-order chi connectivity index (χ0) is 12.7. The Morgan fingerprint density at radius 2 is 1.94 bits per heavy atom. The van der Waals surface area contributed by atoms with E-state index in [1.54, 1.807) is 0 Å². The van der Waals surface area contributed by atoms with Crippen LogP contribution in [0.1, 0.15) is 32.6 Å².